The van der Waals surface area contributed by atoms with Crippen molar-refractivity contribution in [2.24, 2.45) is 4.99 Å². The van der Waals surface area contributed by atoms with E-state index in [4.69, 9.17) is 5.10 Å². The van der Waals surface area contributed by atoms with Crippen molar-refractivity contribution in [1.82, 2.24) is 20.4 Å². The normalized spacial score (nSPS) is 11.1. The molecule has 0 saturated heterocycles. The highest BCUT2D eigenvalue weighted by molar-refractivity contribution is 14.0. The van der Waals surface area contributed by atoms with Crippen LogP contribution in [-0.2, 0) is 13.0 Å². The van der Waals surface area contributed by atoms with E-state index in [1.54, 1.807) is 18.4 Å². The van der Waals surface area contributed by atoms with Crippen LogP contribution >= 0.6 is 35.3 Å². The Labute approximate surface area is 181 Å². The average Bonchev–Trinajstić information content (AvgIpc) is 3.27. The number of nitrogens with one attached hydrogen (secondary N) is 2. The number of aromatic nitrogens is 2. The van der Waals surface area contributed by atoms with Crippen molar-refractivity contribution in [2.75, 3.05) is 13.6 Å². The van der Waals surface area contributed by atoms with Crippen molar-refractivity contribution in [1.29, 1.82) is 0 Å². The molecule has 0 unspecified atom stereocenters. The lowest BCUT2D eigenvalue weighted by molar-refractivity contribution is 0.792. The van der Waals surface area contributed by atoms with Crippen molar-refractivity contribution in [2.45, 2.75) is 26.8 Å². The molecule has 0 spiro atoms. The lowest BCUT2D eigenvalue weighted by Crippen LogP contribution is -2.38. The van der Waals surface area contributed by atoms with Crippen LogP contribution in [0, 0.1) is 13.8 Å². The highest BCUT2D eigenvalue weighted by Crippen LogP contribution is 2.17. The number of para-hydroxylation sites is 1. The van der Waals surface area contributed by atoms with Gasteiger partial charge >= 0.3 is 0 Å². The molecule has 0 aliphatic heterocycles. The lowest BCUT2D eigenvalue weighted by Gasteiger charge is -2.12. The second-order valence-electron chi connectivity index (χ2n) is 6.08. The SMILES string of the molecule is CN=C(NCCc1cccs1)NCc1c(C)nn(-c2ccccc2)c1C.I. The number of nitrogens with zero attached hydrogens (tertiary/aromatic N) is 3. The Bertz CT molecular complexity index is 856. The summed E-state index contributed by atoms with van der Waals surface area (Å²) in [5.74, 6) is 0.813. The first-order valence-corrected chi connectivity index (χ1v) is 9.64. The fourth-order valence-electron chi connectivity index (χ4n) is 2.90. The van der Waals surface area contributed by atoms with Gasteiger partial charge in [0.05, 0.1) is 11.4 Å². The number of benzene rings is 1. The maximum Gasteiger partial charge on any atom is 0.191 e. The summed E-state index contributed by atoms with van der Waals surface area (Å²) in [6.45, 7) is 5.72. The van der Waals surface area contributed by atoms with Crippen LogP contribution in [0.2, 0.25) is 0 Å². The fourth-order valence-corrected chi connectivity index (χ4v) is 3.61. The van der Waals surface area contributed by atoms with Gasteiger partial charge in [-0.15, -0.1) is 35.3 Å². The van der Waals surface area contributed by atoms with Gasteiger partial charge in [-0.05, 0) is 43.8 Å². The largest absolute Gasteiger partial charge is 0.356 e. The Balaban J connectivity index is 0.00000261. The van der Waals surface area contributed by atoms with Crippen molar-refractivity contribution in [3.63, 3.8) is 0 Å². The molecule has 0 bridgehead atoms. The molecule has 2 aromatic heterocycles. The molecular weight excluding hydrogens is 469 g/mol. The van der Waals surface area contributed by atoms with Gasteiger partial charge in [0.15, 0.2) is 5.96 Å². The predicted molar refractivity (Wildman–Crippen MR) is 125 cm³/mol. The second kappa shape index (κ2) is 10.5. The number of halogens is 1. The van der Waals surface area contributed by atoms with Gasteiger partial charge in [-0.25, -0.2) is 4.68 Å². The Kier molecular flexibility index (Phi) is 8.30. The Morgan fingerprint density at radius 2 is 1.89 bits per heavy atom. The van der Waals surface area contributed by atoms with Crippen molar-refractivity contribution in [3.05, 3.63) is 69.7 Å². The molecule has 7 heteroatoms. The topological polar surface area (TPSA) is 54.2 Å². The zero-order chi connectivity index (χ0) is 18.4. The number of thiophene rings is 1. The summed E-state index contributed by atoms with van der Waals surface area (Å²) in [5, 5.41) is 13.6. The predicted octanol–water partition coefficient (Wildman–Crippen LogP) is 4.08. The molecule has 0 saturated carbocycles. The van der Waals surface area contributed by atoms with E-state index in [9.17, 15) is 0 Å². The second-order valence-corrected chi connectivity index (χ2v) is 7.11. The maximum atomic E-state index is 4.70. The molecule has 0 aliphatic carbocycles. The van der Waals surface area contributed by atoms with Gasteiger partial charge in [-0.2, -0.15) is 5.10 Å². The van der Waals surface area contributed by atoms with Gasteiger partial charge in [-0.3, -0.25) is 4.99 Å². The van der Waals surface area contributed by atoms with E-state index >= 15 is 0 Å². The molecular formula is C20H26IN5S. The molecule has 27 heavy (non-hydrogen) atoms. The van der Waals surface area contributed by atoms with E-state index in [1.807, 2.05) is 22.9 Å². The Morgan fingerprint density at radius 1 is 1.11 bits per heavy atom. The summed E-state index contributed by atoms with van der Waals surface area (Å²) < 4.78 is 2.00. The fraction of sp³-hybridized carbons (Fsp3) is 0.300. The summed E-state index contributed by atoms with van der Waals surface area (Å²) in [7, 11) is 1.80. The quantitative estimate of drug-likeness (QED) is 0.308. The maximum absolute atomic E-state index is 4.70. The van der Waals surface area contributed by atoms with Gasteiger partial charge in [0.1, 0.15) is 0 Å². The first kappa shape index (κ1) is 21.4. The molecule has 5 nitrogen and oxygen atoms in total. The van der Waals surface area contributed by atoms with E-state index in [-0.39, 0.29) is 24.0 Å². The van der Waals surface area contributed by atoms with Gasteiger partial charge in [0, 0.05) is 36.3 Å². The first-order chi connectivity index (χ1) is 12.7. The zero-order valence-corrected chi connectivity index (χ0v) is 19.0. The minimum Gasteiger partial charge on any atom is -0.356 e. The molecule has 3 rings (SSSR count). The number of rotatable bonds is 6. The highest BCUT2D eigenvalue weighted by Gasteiger charge is 2.13. The molecule has 1 aromatic carbocycles. The molecule has 0 atom stereocenters. The minimum absolute atomic E-state index is 0. The monoisotopic (exact) mass is 495 g/mol. The molecule has 144 valence electrons. The van der Waals surface area contributed by atoms with Crippen LogP contribution in [0.4, 0.5) is 0 Å². The lowest BCUT2D eigenvalue weighted by atomic mass is 10.2. The van der Waals surface area contributed by atoms with Crippen molar-refractivity contribution in [3.8, 4) is 5.69 Å². The highest BCUT2D eigenvalue weighted by atomic mass is 127. The van der Waals surface area contributed by atoms with Crippen LogP contribution in [0.25, 0.3) is 5.69 Å². The number of guanidine groups is 1. The van der Waals surface area contributed by atoms with Crippen LogP contribution in [0.15, 0.2) is 52.8 Å². The summed E-state index contributed by atoms with van der Waals surface area (Å²) in [4.78, 5) is 5.70. The smallest absolute Gasteiger partial charge is 0.191 e. The standard InChI is InChI=1S/C20H25N5S.HI/c1-15-19(16(2)25(24-15)17-8-5-4-6-9-17)14-23-20(21-3)22-12-11-18-10-7-13-26-18;/h4-10,13H,11-12,14H2,1-3H3,(H2,21,22,23);1H. The summed E-state index contributed by atoms with van der Waals surface area (Å²) in [5.41, 5.74) is 4.47. The van der Waals surface area contributed by atoms with E-state index in [2.05, 4.69) is 59.1 Å². The molecule has 0 fully saturated rings. The Hall–Kier alpha value is -1.87. The number of hydrogen-bond acceptors (Lipinski definition) is 3. The first-order valence-electron chi connectivity index (χ1n) is 8.76. The van der Waals surface area contributed by atoms with Crippen LogP contribution in [-0.4, -0.2) is 29.3 Å². The van der Waals surface area contributed by atoms with Crippen LogP contribution in [0.5, 0.6) is 0 Å². The van der Waals surface area contributed by atoms with Gasteiger partial charge < -0.3 is 10.6 Å². The molecule has 0 aliphatic rings. The number of aryl methyl sites for hydroxylation is 1. The molecule has 3 aromatic rings. The average molecular weight is 495 g/mol. The minimum atomic E-state index is 0. The Morgan fingerprint density at radius 3 is 2.56 bits per heavy atom. The molecule has 0 amide bonds. The van der Waals surface area contributed by atoms with Crippen LogP contribution in [0.3, 0.4) is 0 Å². The van der Waals surface area contributed by atoms with Gasteiger partial charge in [0.2, 0.25) is 0 Å². The third kappa shape index (κ3) is 5.55. The third-order valence-electron chi connectivity index (χ3n) is 4.34. The number of hydrogen-bond donors (Lipinski definition) is 2. The third-order valence-corrected chi connectivity index (χ3v) is 5.28. The van der Waals surface area contributed by atoms with Gasteiger partial charge in [-0.1, -0.05) is 24.3 Å². The van der Waals surface area contributed by atoms with Gasteiger partial charge in [0.25, 0.3) is 0 Å². The van der Waals surface area contributed by atoms with Crippen molar-refractivity contribution < 1.29 is 0 Å². The number of aliphatic imine (C=N–C) groups is 1. The van der Waals surface area contributed by atoms with E-state index in [0.29, 0.717) is 6.54 Å². The van der Waals surface area contributed by atoms with Crippen LogP contribution in [0.1, 0.15) is 21.8 Å². The summed E-state index contributed by atoms with van der Waals surface area (Å²) >= 11 is 1.79. The molecule has 2 N–H and O–H groups in total. The zero-order valence-electron chi connectivity index (χ0n) is 15.9. The van der Waals surface area contributed by atoms with E-state index < -0.39 is 0 Å². The van der Waals surface area contributed by atoms with E-state index in [1.165, 1.54) is 10.4 Å². The molecule has 0 radical (unpaired) electrons. The summed E-state index contributed by atoms with van der Waals surface area (Å²) in [6, 6.07) is 14.5. The van der Waals surface area contributed by atoms with Crippen molar-refractivity contribution >= 4 is 41.3 Å². The van der Waals surface area contributed by atoms with Crippen LogP contribution < -0.4 is 10.6 Å². The summed E-state index contributed by atoms with van der Waals surface area (Å²) in [6.07, 6.45) is 1.00. The van der Waals surface area contributed by atoms with E-state index in [0.717, 1.165) is 36.0 Å². The molecule has 2 heterocycles.